The lowest BCUT2D eigenvalue weighted by molar-refractivity contribution is -0.118. The highest BCUT2D eigenvalue weighted by Gasteiger charge is 2.20. The third-order valence-corrected chi connectivity index (χ3v) is 4.08. The predicted octanol–water partition coefficient (Wildman–Crippen LogP) is 1.93. The van der Waals surface area contributed by atoms with Crippen molar-refractivity contribution in [2.75, 3.05) is 5.32 Å². The van der Waals surface area contributed by atoms with Gasteiger partial charge in [0.2, 0.25) is 5.91 Å². The number of carbonyl (C=O) groups is 1. The molecule has 0 bridgehead atoms. The van der Waals surface area contributed by atoms with Crippen molar-refractivity contribution in [1.82, 2.24) is 9.97 Å². The lowest BCUT2D eigenvalue weighted by Gasteiger charge is -2.18. The first-order valence-corrected chi connectivity index (χ1v) is 7.19. The first kappa shape index (κ1) is 14.8. The number of anilines is 1. The molecule has 108 valence electrons. The van der Waals surface area contributed by atoms with E-state index in [0.717, 1.165) is 6.42 Å². The molecule has 0 aliphatic carbocycles. The molecular weight excluding hydrogens is 324 g/mol. The monoisotopic (exact) mass is 340 g/mol. The second-order valence-electron chi connectivity index (χ2n) is 4.86. The lowest BCUT2D eigenvalue weighted by atomic mass is 9.99. The van der Waals surface area contributed by atoms with Crippen molar-refractivity contribution < 1.29 is 4.79 Å². The fourth-order valence-electron chi connectivity index (χ4n) is 1.88. The summed E-state index contributed by atoms with van der Waals surface area (Å²) in [5, 5.41) is 2.78. The highest BCUT2D eigenvalue weighted by molar-refractivity contribution is 9.10. The zero-order valence-corrected chi connectivity index (χ0v) is 12.9. The molecule has 0 saturated carbocycles. The van der Waals surface area contributed by atoms with Crippen LogP contribution < -0.4 is 16.7 Å². The van der Waals surface area contributed by atoms with Crippen LogP contribution in [0.2, 0.25) is 0 Å². The van der Waals surface area contributed by atoms with Gasteiger partial charge in [0.15, 0.2) is 0 Å². The fourth-order valence-corrected chi connectivity index (χ4v) is 2.32. The Labute approximate surface area is 124 Å². The van der Waals surface area contributed by atoms with Crippen molar-refractivity contribution in [2.24, 2.45) is 11.7 Å². The predicted molar refractivity (Wildman–Crippen MR) is 82.7 cm³/mol. The number of carbonyl (C=O) groups excluding carboxylic acids is 1. The highest BCUT2D eigenvalue weighted by Crippen LogP contribution is 2.26. The van der Waals surface area contributed by atoms with Gasteiger partial charge in [0.25, 0.3) is 0 Å². The van der Waals surface area contributed by atoms with Crippen LogP contribution in [0.15, 0.2) is 21.4 Å². The summed E-state index contributed by atoms with van der Waals surface area (Å²) in [6, 6.07) is 2.86. The number of fused-ring (bicyclic) bond motifs is 1. The normalized spacial score (nSPS) is 14.2. The van der Waals surface area contributed by atoms with Gasteiger partial charge in [0.1, 0.15) is 0 Å². The number of aromatic nitrogens is 2. The second-order valence-corrected chi connectivity index (χ2v) is 5.71. The van der Waals surface area contributed by atoms with Gasteiger partial charge in [-0.1, -0.05) is 20.3 Å². The molecule has 0 aliphatic rings. The number of nitrogens with one attached hydrogen (secondary N) is 3. The number of halogens is 1. The van der Waals surface area contributed by atoms with Crippen molar-refractivity contribution in [3.63, 3.8) is 0 Å². The van der Waals surface area contributed by atoms with Crippen LogP contribution >= 0.6 is 15.9 Å². The summed E-state index contributed by atoms with van der Waals surface area (Å²) in [5.74, 6) is -0.137. The van der Waals surface area contributed by atoms with E-state index in [1.54, 1.807) is 12.1 Å². The summed E-state index contributed by atoms with van der Waals surface area (Å²) in [4.78, 5) is 28.6. The maximum absolute atomic E-state index is 12.1. The van der Waals surface area contributed by atoms with Crippen LogP contribution in [0, 0.1) is 5.92 Å². The number of H-pyrrole nitrogens is 2. The van der Waals surface area contributed by atoms with Crippen LogP contribution in [0.4, 0.5) is 5.69 Å². The molecule has 2 unspecified atom stereocenters. The van der Waals surface area contributed by atoms with E-state index in [9.17, 15) is 9.59 Å². The second kappa shape index (κ2) is 5.80. The number of amides is 1. The number of nitrogens with two attached hydrogens (primary N) is 1. The summed E-state index contributed by atoms with van der Waals surface area (Å²) in [5.41, 5.74) is 7.49. The minimum Gasteiger partial charge on any atom is -0.324 e. The van der Waals surface area contributed by atoms with Crippen molar-refractivity contribution in [1.29, 1.82) is 0 Å². The van der Waals surface area contributed by atoms with E-state index in [-0.39, 0.29) is 17.5 Å². The number of imidazole rings is 1. The average Bonchev–Trinajstić information content (AvgIpc) is 2.76. The third-order valence-electron chi connectivity index (χ3n) is 3.42. The van der Waals surface area contributed by atoms with Crippen molar-refractivity contribution in [3.8, 4) is 0 Å². The van der Waals surface area contributed by atoms with Crippen LogP contribution in [0.5, 0.6) is 0 Å². The van der Waals surface area contributed by atoms with E-state index >= 15 is 0 Å². The Morgan fingerprint density at radius 1 is 1.40 bits per heavy atom. The van der Waals surface area contributed by atoms with E-state index in [1.165, 1.54) is 0 Å². The first-order chi connectivity index (χ1) is 9.42. The largest absolute Gasteiger partial charge is 0.324 e. The topological polar surface area (TPSA) is 104 Å². The van der Waals surface area contributed by atoms with Gasteiger partial charge >= 0.3 is 5.69 Å². The minimum absolute atomic E-state index is 0.101. The van der Waals surface area contributed by atoms with Gasteiger partial charge in [-0.3, -0.25) is 4.79 Å². The van der Waals surface area contributed by atoms with E-state index in [2.05, 4.69) is 31.2 Å². The molecule has 2 rings (SSSR count). The van der Waals surface area contributed by atoms with Crippen molar-refractivity contribution in [2.45, 2.75) is 26.3 Å². The maximum Gasteiger partial charge on any atom is 0.323 e. The van der Waals surface area contributed by atoms with Crippen molar-refractivity contribution >= 4 is 38.6 Å². The van der Waals surface area contributed by atoms with Gasteiger partial charge in [-0.15, -0.1) is 0 Å². The molecule has 1 aromatic carbocycles. The van der Waals surface area contributed by atoms with Gasteiger partial charge in [-0.05, 0) is 34.0 Å². The summed E-state index contributed by atoms with van der Waals surface area (Å²) in [7, 11) is 0. The van der Waals surface area contributed by atoms with Crippen molar-refractivity contribution in [3.05, 3.63) is 27.1 Å². The van der Waals surface area contributed by atoms with Gasteiger partial charge in [-0.2, -0.15) is 0 Å². The molecule has 0 fully saturated rings. The van der Waals surface area contributed by atoms with Gasteiger partial charge < -0.3 is 21.0 Å². The number of rotatable bonds is 4. The van der Waals surface area contributed by atoms with Crippen LogP contribution in [0.1, 0.15) is 20.3 Å². The van der Waals surface area contributed by atoms with Crippen LogP contribution in [-0.4, -0.2) is 21.9 Å². The zero-order valence-electron chi connectivity index (χ0n) is 11.3. The molecule has 20 heavy (non-hydrogen) atoms. The van der Waals surface area contributed by atoms with Gasteiger partial charge in [0.05, 0.1) is 22.8 Å². The molecule has 0 radical (unpaired) electrons. The SMILES string of the molecule is CCC(C)C(N)C(=O)Nc1cc2[nH]c(=O)[nH]c2cc1Br. The molecule has 7 heteroatoms. The summed E-state index contributed by atoms with van der Waals surface area (Å²) < 4.78 is 0.685. The molecule has 0 saturated heterocycles. The molecule has 5 N–H and O–H groups in total. The minimum atomic E-state index is -0.562. The summed E-state index contributed by atoms with van der Waals surface area (Å²) in [6.07, 6.45) is 0.833. The first-order valence-electron chi connectivity index (χ1n) is 6.40. The Hall–Kier alpha value is -1.60. The molecule has 1 amide bonds. The quantitative estimate of drug-likeness (QED) is 0.683. The number of aromatic amines is 2. The molecular formula is C13H17BrN4O2. The Bertz CT molecular complexity index is 691. The Morgan fingerprint density at radius 2 is 2.00 bits per heavy atom. The fraction of sp³-hybridized carbons (Fsp3) is 0.385. The van der Waals surface area contributed by atoms with Crippen LogP contribution in [0.3, 0.4) is 0 Å². The number of hydrogen-bond acceptors (Lipinski definition) is 3. The zero-order chi connectivity index (χ0) is 14.9. The van der Waals surface area contributed by atoms with E-state index in [0.29, 0.717) is 21.2 Å². The smallest absolute Gasteiger partial charge is 0.323 e. The van der Waals surface area contributed by atoms with Gasteiger partial charge in [-0.25, -0.2) is 4.79 Å². The molecule has 1 aromatic heterocycles. The third kappa shape index (κ3) is 2.94. The molecule has 0 spiro atoms. The molecule has 1 heterocycles. The Morgan fingerprint density at radius 3 is 2.60 bits per heavy atom. The van der Waals surface area contributed by atoms with E-state index < -0.39 is 6.04 Å². The summed E-state index contributed by atoms with van der Waals surface area (Å²) >= 11 is 3.37. The Balaban J connectivity index is 2.27. The van der Waals surface area contributed by atoms with E-state index in [4.69, 9.17) is 5.73 Å². The Kier molecular flexibility index (Phi) is 4.29. The number of benzene rings is 1. The lowest BCUT2D eigenvalue weighted by Crippen LogP contribution is -2.40. The molecule has 6 nitrogen and oxygen atoms in total. The van der Waals surface area contributed by atoms with Crippen LogP contribution in [-0.2, 0) is 4.79 Å². The molecule has 2 aromatic rings. The van der Waals surface area contributed by atoms with Crippen LogP contribution in [0.25, 0.3) is 11.0 Å². The standard InChI is InChI=1S/C13H17BrN4O2/c1-3-6(2)11(15)12(19)16-8-5-10-9(4-7(8)14)17-13(20)18-10/h4-6,11H,3,15H2,1-2H3,(H,16,19)(H2,17,18,20). The van der Waals surface area contributed by atoms with Gasteiger partial charge in [0, 0.05) is 4.47 Å². The average molecular weight is 341 g/mol. The van der Waals surface area contributed by atoms with E-state index in [1.807, 2.05) is 13.8 Å². The molecule has 0 aliphatic heterocycles. The molecule has 2 atom stereocenters. The summed E-state index contributed by atoms with van der Waals surface area (Å²) in [6.45, 7) is 3.93. The maximum atomic E-state index is 12.1. The number of hydrogen-bond donors (Lipinski definition) is 4. The highest BCUT2D eigenvalue weighted by atomic mass is 79.9.